The number of thiazole rings is 1. The standard InChI is InChI=1S/C28H22BrN5O6S2/c1-4-40-26(36)23-15(2)32-28-33(24(23)17-7-8-20(39-3)18(29)14-17)25(35)22(42-28)13-16-6-9-21(19(12-16)34(37)38)41-27-30-10-5-11-31-27/h5-14,24H,4H2,1-3H3/b22-13+/t24-/m0/s1. The Balaban J connectivity index is 1.64. The molecule has 0 N–H and O–H groups in total. The fourth-order valence-corrected chi connectivity index (χ4v) is 6.80. The van der Waals surface area contributed by atoms with Crippen LogP contribution in [-0.2, 0) is 9.53 Å². The van der Waals surface area contributed by atoms with Gasteiger partial charge in [0.2, 0.25) is 0 Å². The van der Waals surface area contributed by atoms with Crippen LogP contribution in [0.15, 0.2) is 90.4 Å². The van der Waals surface area contributed by atoms with E-state index in [0.717, 1.165) is 23.1 Å². The van der Waals surface area contributed by atoms with Crippen molar-refractivity contribution in [2.45, 2.75) is 29.9 Å². The fraction of sp³-hybridized carbons (Fsp3) is 0.179. The van der Waals surface area contributed by atoms with Gasteiger partial charge in [0.05, 0.1) is 49.9 Å². The maximum Gasteiger partial charge on any atom is 0.338 e. The lowest BCUT2D eigenvalue weighted by Gasteiger charge is -2.25. The number of methoxy groups -OCH3 is 1. The molecule has 1 aliphatic heterocycles. The van der Waals surface area contributed by atoms with Crippen LogP contribution in [0, 0.1) is 10.1 Å². The third-order valence-electron chi connectivity index (χ3n) is 6.23. The normalized spacial score (nSPS) is 14.8. The highest BCUT2D eigenvalue weighted by molar-refractivity contribution is 9.10. The van der Waals surface area contributed by atoms with E-state index in [1.807, 2.05) is 0 Å². The number of halogens is 1. The second-order valence-corrected chi connectivity index (χ2v) is 11.7. The summed E-state index contributed by atoms with van der Waals surface area (Å²) in [5, 5.41) is 12.3. The summed E-state index contributed by atoms with van der Waals surface area (Å²) in [6.45, 7) is 3.56. The fourth-order valence-electron chi connectivity index (χ4n) is 4.40. The number of esters is 1. The van der Waals surface area contributed by atoms with Gasteiger partial charge in [-0.1, -0.05) is 23.5 Å². The minimum Gasteiger partial charge on any atom is -0.496 e. The number of fused-ring (bicyclic) bond motifs is 1. The van der Waals surface area contributed by atoms with Gasteiger partial charge in [-0.05, 0) is 83.0 Å². The molecule has 42 heavy (non-hydrogen) atoms. The van der Waals surface area contributed by atoms with Crippen LogP contribution in [0.4, 0.5) is 5.69 Å². The Hall–Kier alpha value is -4.14. The Bertz CT molecular complexity index is 1920. The molecule has 214 valence electrons. The molecule has 5 rings (SSSR count). The maximum absolute atomic E-state index is 13.9. The Morgan fingerprint density at radius 3 is 2.67 bits per heavy atom. The number of nitro groups is 1. The molecular formula is C28H22BrN5O6S2. The summed E-state index contributed by atoms with van der Waals surface area (Å²) in [5.41, 5.74) is 1.23. The summed E-state index contributed by atoms with van der Waals surface area (Å²) >= 11 is 5.70. The van der Waals surface area contributed by atoms with Crippen LogP contribution in [-0.4, -0.2) is 39.1 Å². The Labute approximate surface area is 255 Å². The van der Waals surface area contributed by atoms with E-state index in [9.17, 15) is 19.7 Å². The van der Waals surface area contributed by atoms with E-state index < -0.39 is 22.5 Å². The molecule has 0 spiro atoms. The van der Waals surface area contributed by atoms with Gasteiger partial charge in [0.15, 0.2) is 9.96 Å². The second kappa shape index (κ2) is 12.4. The average Bonchev–Trinajstić information content (AvgIpc) is 3.27. The molecule has 14 heteroatoms. The first-order valence-corrected chi connectivity index (χ1v) is 14.9. The van der Waals surface area contributed by atoms with Crippen molar-refractivity contribution in [2.75, 3.05) is 13.7 Å². The first-order valence-electron chi connectivity index (χ1n) is 12.5. The number of hydrogen-bond acceptors (Lipinski definition) is 11. The molecule has 2 aromatic carbocycles. The van der Waals surface area contributed by atoms with Gasteiger partial charge in [-0.2, -0.15) is 0 Å². The summed E-state index contributed by atoms with van der Waals surface area (Å²) in [4.78, 5) is 52.0. The molecule has 0 fully saturated rings. The quantitative estimate of drug-likeness (QED) is 0.116. The van der Waals surface area contributed by atoms with Gasteiger partial charge in [-0.15, -0.1) is 0 Å². The molecule has 1 atom stereocenters. The summed E-state index contributed by atoms with van der Waals surface area (Å²) in [6.07, 6.45) is 4.69. The zero-order valence-electron chi connectivity index (χ0n) is 22.4. The number of carbonyl (C=O) groups is 1. The molecule has 3 heterocycles. The number of benzene rings is 2. The highest BCUT2D eigenvalue weighted by Crippen LogP contribution is 2.36. The number of nitro benzene ring substituents is 1. The number of rotatable bonds is 8. The highest BCUT2D eigenvalue weighted by atomic mass is 79.9. The molecule has 0 aliphatic carbocycles. The van der Waals surface area contributed by atoms with E-state index in [1.165, 1.54) is 10.6 Å². The van der Waals surface area contributed by atoms with Crippen LogP contribution in [0.25, 0.3) is 6.08 Å². The van der Waals surface area contributed by atoms with Crippen molar-refractivity contribution in [2.24, 2.45) is 4.99 Å². The van der Waals surface area contributed by atoms with Crippen molar-refractivity contribution in [1.82, 2.24) is 14.5 Å². The van der Waals surface area contributed by atoms with Crippen molar-refractivity contribution in [3.05, 3.63) is 112 Å². The van der Waals surface area contributed by atoms with Gasteiger partial charge in [0, 0.05) is 18.5 Å². The molecule has 0 saturated carbocycles. The van der Waals surface area contributed by atoms with Crippen LogP contribution < -0.4 is 19.6 Å². The van der Waals surface area contributed by atoms with Crippen LogP contribution in [0.2, 0.25) is 0 Å². The predicted octanol–water partition coefficient (Wildman–Crippen LogP) is 4.42. The molecule has 0 bridgehead atoms. The first-order chi connectivity index (χ1) is 20.2. The largest absolute Gasteiger partial charge is 0.496 e. The minimum absolute atomic E-state index is 0.143. The van der Waals surface area contributed by atoms with E-state index in [4.69, 9.17) is 9.47 Å². The highest BCUT2D eigenvalue weighted by Gasteiger charge is 2.33. The zero-order valence-corrected chi connectivity index (χ0v) is 25.7. The minimum atomic E-state index is -0.816. The van der Waals surface area contributed by atoms with Crippen molar-refractivity contribution < 1.29 is 19.2 Å². The summed E-state index contributed by atoms with van der Waals surface area (Å²) in [7, 11) is 1.54. The predicted molar refractivity (Wildman–Crippen MR) is 160 cm³/mol. The molecule has 2 aromatic heterocycles. The van der Waals surface area contributed by atoms with Gasteiger partial charge in [-0.25, -0.2) is 19.8 Å². The van der Waals surface area contributed by atoms with E-state index in [0.29, 0.717) is 46.4 Å². The lowest BCUT2D eigenvalue weighted by molar-refractivity contribution is -0.387. The maximum atomic E-state index is 13.9. The van der Waals surface area contributed by atoms with Crippen LogP contribution in [0.1, 0.15) is 31.0 Å². The smallest absolute Gasteiger partial charge is 0.338 e. The summed E-state index contributed by atoms with van der Waals surface area (Å²) in [5.74, 6) is 0.0163. The van der Waals surface area contributed by atoms with Gasteiger partial charge < -0.3 is 9.47 Å². The lowest BCUT2D eigenvalue weighted by Crippen LogP contribution is -2.40. The second-order valence-electron chi connectivity index (χ2n) is 8.81. The number of nitrogens with zero attached hydrogens (tertiary/aromatic N) is 5. The number of carbonyl (C=O) groups excluding carboxylic acids is 1. The van der Waals surface area contributed by atoms with Gasteiger partial charge in [0.25, 0.3) is 11.2 Å². The van der Waals surface area contributed by atoms with E-state index >= 15 is 0 Å². The van der Waals surface area contributed by atoms with E-state index in [-0.39, 0.29) is 17.9 Å². The summed E-state index contributed by atoms with van der Waals surface area (Å²) in [6, 6.07) is 10.8. The van der Waals surface area contributed by atoms with Crippen LogP contribution in [0.3, 0.4) is 0 Å². The Kier molecular flexibility index (Phi) is 8.66. The molecule has 4 aromatic rings. The Morgan fingerprint density at radius 2 is 2.00 bits per heavy atom. The topological polar surface area (TPSA) is 139 Å². The first kappa shape index (κ1) is 29.4. The molecular weight excluding hydrogens is 646 g/mol. The van der Waals surface area contributed by atoms with Crippen molar-refractivity contribution >= 4 is 56.8 Å². The van der Waals surface area contributed by atoms with Crippen molar-refractivity contribution in [3.63, 3.8) is 0 Å². The van der Waals surface area contributed by atoms with Crippen LogP contribution >= 0.6 is 39.0 Å². The monoisotopic (exact) mass is 667 g/mol. The Morgan fingerprint density at radius 1 is 1.24 bits per heavy atom. The molecule has 0 radical (unpaired) electrons. The van der Waals surface area contributed by atoms with Crippen molar-refractivity contribution in [3.8, 4) is 5.75 Å². The third kappa shape index (κ3) is 5.78. The summed E-state index contributed by atoms with van der Waals surface area (Å²) < 4.78 is 13.1. The molecule has 0 unspecified atom stereocenters. The average molecular weight is 669 g/mol. The van der Waals surface area contributed by atoms with Gasteiger partial charge in [0.1, 0.15) is 5.75 Å². The molecule has 0 amide bonds. The van der Waals surface area contributed by atoms with Gasteiger partial charge >= 0.3 is 5.97 Å². The van der Waals surface area contributed by atoms with Crippen molar-refractivity contribution in [1.29, 1.82) is 0 Å². The number of aromatic nitrogens is 3. The number of ether oxygens (including phenoxy) is 2. The van der Waals surface area contributed by atoms with Crippen LogP contribution in [0.5, 0.6) is 5.75 Å². The number of hydrogen-bond donors (Lipinski definition) is 0. The molecule has 0 saturated heterocycles. The number of allylic oxidation sites excluding steroid dienone is 1. The van der Waals surface area contributed by atoms with E-state index in [1.54, 1.807) is 75.8 Å². The molecule has 1 aliphatic rings. The SMILES string of the molecule is CCOC(=O)C1=C(C)N=c2s/c(=C/c3ccc(Sc4ncccn4)c([N+](=O)[O-])c3)c(=O)n2[C@H]1c1ccc(OC)c(Br)c1. The van der Waals surface area contributed by atoms with Gasteiger partial charge in [-0.3, -0.25) is 19.5 Å². The third-order valence-corrected chi connectivity index (χ3v) is 8.79. The lowest BCUT2D eigenvalue weighted by atomic mass is 9.96. The zero-order chi connectivity index (χ0) is 30.0. The van der Waals surface area contributed by atoms with E-state index in [2.05, 4.69) is 30.9 Å². The molecule has 11 nitrogen and oxygen atoms in total.